The van der Waals surface area contributed by atoms with Crippen LogP contribution in [0.1, 0.15) is 19.8 Å². The van der Waals surface area contributed by atoms with Crippen LogP contribution in [0.5, 0.6) is 0 Å². The van der Waals surface area contributed by atoms with Crippen molar-refractivity contribution in [3.05, 3.63) is 23.8 Å². The highest BCUT2D eigenvalue weighted by Gasteiger charge is 2.33. The van der Waals surface area contributed by atoms with Crippen molar-refractivity contribution in [2.24, 2.45) is 5.92 Å². The van der Waals surface area contributed by atoms with Gasteiger partial charge >= 0.3 is 0 Å². The summed E-state index contributed by atoms with van der Waals surface area (Å²) in [5.41, 5.74) is 1.42. The highest BCUT2D eigenvalue weighted by Crippen LogP contribution is 2.31. The van der Waals surface area contributed by atoms with Crippen LogP contribution in [0, 0.1) is 5.92 Å². The fourth-order valence-electron chi connectivity index (χ4n) is 3.11. The van der Waals surface area contributed by atoms with Crippen LogP contribution in [-0.4, -0.2) is 49.6 Å². The minimum Gasteiger partial charge on any atom is -0.306 e. The van der Waals surface area contributed by atoms with Gasteiger partial charge in [-0.05, 0) is 47.5 Å². The molecule has 0 aromatic rings. The zero-order chi connectivity index (χ0) is 11.7. The summed E-state index contributed by atoms with van der Waals surface area (Å²) >= 11 is 0. The van der Waals surface area contributed by atoms with Gasteiger partial charge < -0.3 is 4.90 Å². The van der Waals surface area contributed by atoms with E-state index in [1.54, 1.807) is 0 Å². The van der Waals surface area contributed by atoms with Crippen molar-refractivity contribution in [3.8, 4) is 0 Å². The van der Waals surface area contributed by atoms with Crippen LogP contribution in [0.4, 0.5) is 0 Å². The minimum atomic E-state index is 0.596. The first-order valence-electron chi connectivity index (χ1n) is 6.33. The lowest BCUT2D eigenvalue weighted by Gasteiger charge is -2.37. The molecular formula is C14H24N2. The lowest BCUT2D eigenvalue weighted by atomic mass is 9.84. The zero-order valence-corrected chi connectivity index (χ0v) is 11.0. The van der Waals surface area contributed by atoms with E-state index in [0.717, 1.165) is 0 Å². The molecule has 1 fully saturated rings. The van der Waals surface area contributed by atoms with Crippen molar-refractivity contribution in [1.29, 1.82) is 0 Å². The third-order valence-electron chi connectivity index (χ3n) is 4.03. The molecule has 0 N–H and O–H groups in total. The van der Waals surface area contributed by atoms with E-state index in [0.29, 0.717) is 18.0 Å². The minimum absolute atomic E-state index is 0.596. The van der Waals surface area contributed by atoms with E-state index >= 15 is 0 Å². The van der Waals surface area contributed by atoms with Gasteiger partial charge in [0.05, 0.1) is 0 Å². The summed E-state index contributed by atoms with van der Waals surface area (Å²) < 4.78 is 0. The first-order chi connectivity index (χ1) is 7.59. The molecule has 0 bridgehead atoms. The van der Waals surface area contributed by atoms with Gasteiger partial charge in [-0.1, -0.05) is 23.8 Å². The van der Waals surface area contributed by atoms with Gasteiger partial charge in [0.1, 0.15) is 0 Å². The standard InChI is InChI=1S/C14H24N2/c1-11-7-8-14-12(10-11)13(15(2)3)6-5-9-16(14)4/h7-8,10,12-14H,5-6,9H2,1-4H3. The van der Waals surface area contributed by atoms with Gasteiger partial charge in [-0.2, -0.15) is 0 Å². The third-order valence-corrected chi connectivity index (χ3v) is 4.03. The molecule has 2 aliphatic rings. The fraction of sp³-hybridized carbons (Fsp3) is 0.714. The zero-order valence-electron chi connectivity index (χ0n) is 11.0. The highest BCUT2D eigenvalue weighted by molar-refractivity contribution is 5.27. The van der Waals surface area contributed by atoms with E-state index in [4.69, 9.17) is 0 Å². The van der Waals surface area contributed by atoms with Gasteiger partial charge in [0.2, 0.25) is 0 Å². The number of hydrogen-bond acceptors (Lipinski definition) is 2. The van der Waals surface area contributed by atoms with Crippen LogP contribution >= 0.6 is 0 Å². The molecule has 0 amide bonds. The lowest BCUT2D eigenvalue weighted by Crippen LogP contribution is -2.44. The summed E-state index contributed by atoms with van der Waals surface area (Å²) in [6.07, 6.45) is 9.76. The number of allylic oxidation sites excluding steroid dienone is 2. The number of rotatable bonds is 1. The van der Waals surface area contributed by atoms with Crippen LogP contribution in [-0.2, 0) is 0 Å². The molecule has 1 aliphatic carbocycles. The second-order valence-electron chi connectivity index (χ2n) is 5.49. The summed E-state index contributed by atoms with van der Waals surface area (Å²) in [6.45, 7) is 3.44. The van der Waals surface area contributed by atoms with Gasteiger partial charge in [-0.15, -0.1) is 0 Å². The monoisotopic (exact) mass is 220 g/mol. The predicted octanol–water partition coefficient (Wildman–Crippen LogP) is 2.14. The summed E-state index contributed by atoms with van der Waals surface area (Å²) in [5, 5.41) is 0. The number of likely N-dealkylation sites (N-methyl/N-ethyl adjacent to an activating group) is 1. The highest BCUT2D eigenvalue weighted by atomic mass is 15.2. The Morgan fingerprint density at radius 2 is 2.12 bits per heavy atom. The summed E-state index contributed by atoms with van der Waals surface area (Å²) in [4.78, 5) is 4.91. The Morgan fingerprint density at radius 1 is 1.38 bits per heavy atom. The number of nitrogens with zero attached hydrogens (tertiary/aromatic N) is 2. The van der Waals surface area contributed by atoms with Gasteiger partial charge in [0, 0.05) is 18.0 Å². The van der Waals surface area contributed by atoms with Crippen molar-refractivity contribution in [2.75, 3.05) is 27.7 Å². The number of hydrogen-bond donors (Lipinski definition) is 0. The largest absolute Gasteiger partial charge is 0.306 e. The SMILES string of the molecule is CC1=CC2C(N(C)C)CCCN(C)C2C=C1. The van der Waals surface area contributed by atoms with Crippen LogP contribution in [0.2, 0.25) is 0 Å². The average molecular weight is 220 g/mol. The maximum absolute atomic E-state index is 2.51. The van der Waals surface area contributed by atoms with Gasteiger partial charge in [-0.3, -0.25) is 4.90 Å². The molecule has 0 aromatic heterocycles. The van der Waals surface area contributed by atoms with Gasteiger partial charge in [0.15, 0.2) is 0 Å². The molecule has 0 spiro atoms. The van der Waals surface area contributed by atoms with Crippen molar-refractivity contribution in [1.82, 2.24) is 9.80 Å². The maximum atomic E-state index is 2.51. The molecule has 3 unspecified atom stereocenters. The first-order valence-corrected chi connectivity index (χ1v) is 6.33. The summed E-state index contributed by atoms with van der Waals surface area (Å²) in [5.74, 6) is 0.660. The van der Waals surface area contributed by atoms with Gasteiger partial charge in [-0.25, -0.2) is 0 Å². The molecule has 90 valence electrons. The summed E-state index contributed by atoms with van der Waals surface area (Å²) in [7, 11) is 6.69. The molecule has 0 aromatic carbocycles. The normalized spacial score (nSPS) is 35.8. The van der Waals surface area contributed by atoms with E-state index in [1.807, 2.05) is 0 Å². The molecule has 2 nitrogen and oxygen atoms in total. The quantitative estimate of drug-likeness (QED) is 0.668. The topological polar surface area (TPSA) is 6.48 Å². The smallest absolute Gasteiger partial charge is 0.0356 e. The van der Waals surface area contributed by atoms with E-state index in [2.05, 4.69) is 56.1 Å². The molecule has 1 saturated heterocycles. The Labute approximate surface area is 99.6 Å². The van der Waals surface area contributed by atoms with E-state index in [1.165, 1.54) is 25.0 Å². The second-order valence-corrected chi connectivity index (χ2v) is 5.49. The van der Waals surface area contributed by atoms with E-state index in [9.17, 15) is 0 Å². The van der Waals surface area contributed by atoms with Crippen molar-refractivity contribution >= 4 is 0 Å². The second kappa shape index (κ2) is 4.72. The Balaban J connectivity index is 2.27. The van der Waals surface area contributed by atoms with Crippen molar-refractivity contribution in [2.45, 2.75) is 31.8 Å². The van der Waals surface area contributed by atoms with Crippen LogP contribution < -0.4 is 0 Å². The van der Waals surface area contributed by atoms with E-state index < -0.39 is 0 Å². The van der Waals surface area contributed by atoms with Crippen molar-refractivity contribution < 1.29 is 0 Å². The first kappa shape index (κ1) is 11.9. The molecule has 16 heavy (non-hydrogen) atoms. The van der Waals surface area contributed by atoms with Gasteiger partial charge in [0.25, 0.3) is 0 Å². The molecule has 0 radical (unpaired) electrons. The molecule has 3 atom stereocenters. The average Bonchev–Trinajstić information content (AvgIpc) is 2.38. The Hall–Kier alpha value is -0.600. The Morgan fingerprint density at radius 3 is 2.81 bits per heavy atom. The molecule has 0 saturated carbocycles. The summed E-state index contributed by atoms with van der Waals surface area (Å²) in [6, 6.07) is 1.29. The fourth-order valence-corrected chi connectivity index (χ4v) is 3.11. The molecule has 1 aliphatic heterocycles. The molecule has 2 heteroatoms. The Kier molecular flexibility index (Phi) is 3.50. The van der Waals surface area contributed by atoms with Crippen molar-refractivity contribution in [3.63, 3.8) is 0 Å². The predicted molar refractivity (Wildman–Crippen MR) is 69.5 cm³/mol. The molecule has 2 rings (SSSR count). The lowest BCUT2D eigenvalue weighted by molar-refractivity contribution is 0.181. The number of likely N-dealkylation sites (tertiary alicyclic amines) is 1. The Bertz CT molecular complexity index is 304. The van der Waals surface area contributed by atoms with E-state index in [-0.39, 0.29) is 0 Å². The number of fused-ring (bicyclic) bond motifs is 1. The third kappa shape index (κ3) is 2.23. The van der Waals surface area contributed by atoms with Crippen LogP contribution in [0.3, 0.4) is 0 Å². The maximum Gasteiger partial charge on any atom is 0.0356 e. The molecular weight excluding hydrogens is 196 g/mol. The molecule has 1 heterocycles. The van der Waals surface area contributed by atoms with Crippen LogP contribution in [0.25, 0.3) is 0 Å². The van der Waals surface area contributed by atoms with Crippen LogP contribution in [0.15, 0.2) is 23.8 Å².